The third-order valence-electron chi connectivity index (χ3n) is 5.84. The molecule has 1 amide bonds. The Morgan fingerprint density at radius 3 is 2.18 bits per heavy atom. The van der Waals surface area contributed by atoms with Crippen LogP contribution in [0.4, 0.5) is 5.82 Å². The molecule has 6 nitrogen and oxygen atoms in total. The van der Waals surface area contributed by atoms with Crippen molar-refractivity contribution < 1.29 is 4.79 Å². The summed E-state index contributed by atoms with van der Waals surface area (Å²) >= 11 is 0. The van der Waals surface area contributed by atoms with E-state index in [0.29, 0.717) is 28.1 Å². The number of hydrogen-bond donors (Lipinski definition) is 2. The summed E-state index contributed by atoms with van der Waals surface area (Å²) in [5, 5.41) is 3.08. The normalized spacial score (nSPS) is 12.2. The zero-order valence-corrected chi connectivity index (χ0v) is 18.8. The van der Waals surface area contributed by atoms with Gasteiger partial charge in [-0.25, -0.2) is 9.97 Å². The SMILES string of the molecule is Cc1cc(C)cc(-n2c(N)c(C(=O)N[C@H](C)c3ccccc3)c3nc4ccccc4nc32)c1. The first kappa shape index (κ1) is 20.7. The van der Waals surface area contributed by atoms with E-state index in [9.17, 15) is 4.79 Å². The third kappa shape index (κ3) is 3.69. The third-order valence-corrected chi connectivity index (χ3v) is 5.84. The number of nitrogens with zero attached hydrogens (tertiary/aromatic N) is 3. The van der Waals surface area contributed by atoms with Gasteiger partial charge in [-0.1, -0.05) is 48.5 Å². The number of fused-ring (bicyclic) bond motifs is 2. The van der Waals surface area contributed by atoms with Gasteiger partial charge in [0.2, 0.25) is 0 Å². The van der Waals surface area contributed by atoms with Crippen LogP contribution in [0.5, 0.6) is 0 Å². The molecule has 0 fully saturated rings. The van der Waals surface area contributed by atoms with Crippen LogP contribution >= 0.6 is 0 Å². The minimum absolute atomic E-state index is 0.189. The fourth-order valence-electron chi connectivity index (χ4n) is 4.32. The summed E-state index contributed by atoms with van der Waals surface area (Å²) in [7, 11) is 0. The Morgan fingerprint density at radius 2 is 1.52 bits per heavy atom. The van der Waals surface area contributed by atoms with Crippen molar-refractivity contribution in [3.8, 4) is 5.69 Å². The monoisotopic (exact) mass is 435 g/mol. The number of benzene rings is 3. The summed E-state index contributed by atoms with van der Waals surface area (Å²) in [5.41, 5.74) is 13.6. The van der Waals surface area contributed by atoms with Crippen LogP contribution in [0.25, 0.3) is 27.9 Å². The molecule has 1 atom stereocenters. The highest BCUT2D eigenvalue weighted by atomic mass is 16.1. The molecular weight excluding hydrogens is 410 g/mol. The number of carbonyl (C=O) groups is 1. The lowest BCUT2D eigenvalue weighted by molar-refractivity contribution is 0.0942. The van der Waals surface area contributed by atoms with Crippen molar-refractivity contribution in [1.82, 2.24) is 19.9 Å². The summed E-state index contributed by atoms with van der Waals surface area (Å²) in [5.74, 6) is 0.0460. The molecule has 6 heteroatoms. The number of anilines is 1. The Labute approximate surface area is 192 Å². The van der Waals surface area contributed by atoms with Crippen LogP contribution in [0.1, 0.15) is 40.0 Å². The van der Waals surface area contributed by atoms with Crippen molar-refractivity contribution in [2.45, 2.75) is 26.8 Å². The molecule has 164 valence electrons. The highest BCUT2D eigenvalue weighted by Crippen LogP contribution is 2.32. The molecule has 33 heavy (non-hydrogen) atoms. The molecule has 0 saturated heterocycles. The number of carbonyl (C=O) groups excluding carboxylic acids is 1. The number of hydrogen-bond acceptors (Lipinski definition) is 4. The zero-order chi connectivity index (χ0) is 23.1. The number of para-hydroxylation sites is 2. The van der Waals surface area contributed by atoms with E-state index in [0.717, 1.165) is 27.9 Å². The molecule has 0 aliphatic heterocycles. The maximum absolute atomic E-state index is 13.5. The van der Waals surface area contributed by atoms with E-state index in [1.807, 2.05) is 92.1 Å². The second kappa shape index (κ2) is 8.06. The number of nitrogens with two attached hydrogens (primary N) is 1. The summed E-state index contributed by atoms with van der Waals surface area (Å²) < 4.78 is 1.83. The molecule has 2 aromatic heterocycles. The second-order valence-electron chi connectivity index (χ2n) is 8.43. The fraction of sp³-hybridized carbons (Fsp3) is 0.148. The first-order chi connectivity index (χ1) is 15.9. The second-order valence-corrected chi connectivity index (χ2v) is 8.43. The van der Waals surface area contributed by atoms with E-state index in [1.54, 1.807) is 0 Å². The van der Waals surface area contributed by atoms with Gasteiger partial charge < -0.3 is 11.1 Å². The molecule has 0 bridgehead atoms. The van der Waals surface area contributed by atoms with Gasteiger partial charge in [-0.15, -0.1) is 0 Å². The topological polar surface area (TPSA) is 85.8 Å². The lowest BCUT2D eigenvalue weighted by Gasteiger charge is -2.14. The Balaban J connectivity index is 1.72. The molecule has 0 radical (unpaired) electrons. The lowest BCUT2D eigenvalue weighted by atomic mass is 10.1. The van der Waals surface area contributed by atoms with Crippen LogP contribution in [0, 0.1) is 13.8 Å². The molecule has 5 rings (SSSR count). The Kier molecular flexibility index (Phi) is 5.05. The summed E-state index contributed by atoms with van der Waals surface area (Å²) in [6.45, 7) is 6.02. The predicted molar refractivity (Wildman–Crippen MR) is 133 cm³/mol. The van der Waals surface area contributed by atoms with E-state index in [1.165, 1.54) is 0 Å². The van der Waals surface area contributed by atoms with Crippen LogP contribution in [0.3, 0.4) is 0 Å². The van der Waals surface area contributed by atoms with Gasteiger partial charge >= 0.3 is 0 Å². The number of amides is 1. The average molecular weight is 436 g/mol. The minimum Gasteiger partial charge on any atom is -0.384 e. The number of nitrogen functional groups attached to an aromatic ring is 1. The maximum atomic E-state index is 13.5. The van der Waals surface area contributed by atoms with Gasteiger partial charge in [0.15, 0.2) is 5.65 Å². The van der Waals surface area contributed by atoms with Crippen LogP contribution in [-0.2, 0) is 0 Å². The molecule has 5 aromatic rings. The molecule has 0 saturated carbocycles. The Bertz CT molecular complexity index is 1480. The van der Waals surface area contributed by atoms with Crippen molar-refractivity contribution in [2.75, 3.05) is 5.73 Å². The molecule has 3 N–H and O–H groups in total. The lowest BCUT2D eigenvalue weighted by Crippen LogP contribution is -2.27. The summed E-state index contributed by atoms with van der Waals surface area (Å²) in [6, 6.07) is 23.4. The summed E-state index contributed by atoms with van der Waals surface area (Å²) in [4.78, 5) is 23.2. The first-order valence-corrected chi connectivity index (χ1v) is 10.9. The summed E-state index contributed by atoms with van der Waals surface area (Å²) in [6.07, 6.45) is 0. The zero-order valence-electron chi connectivity index (χ0n) is 18.8. The molecular formula is C27H25N5O. The van der Waals surface area contributed by atoms with Crippen molar-refractivity contribution in [3.63, 3.8) is 0 Å². The fourth-order valence-corrected chi connectivity index (χ4v) is 4.32. The number of rotatable bonds is 4. The molecule has 3 aromatic carbocycles. The smallest absolute Gasteiger partial charge is 0.257 e. The van der Waals surface area contributed by atoms with E-state index >= 15 is 0 Å². The van der Waals surface area contributed by atoms with Gasteiger partial charge in [-0.2, -0.15) is 0 Å². The highest BCUT2D eigenvalue weighted by molar-refractivity contribution is 6.11. The van der Waals surface area contributed by atoms with Crippen molar-refractivity contribution >= 4 is 33.9 Å². The van der Waals surface area contributed by atoms with Gasteiger partial charge in [0.1, 0.15) is 16.9 Å². The largest absolute Gasteiger partial charge is 0.384 e. The molecule has 0 spiro atoms. The van der Waals surface area contributed by atoms with Gasteiger partial charge in [0.25, 0.3) is 5.91 Å². The van der Waals surface area contributed by atoms with Crippen LogP contribution in [0.2, 0.25) is 0 Å². The van der Waals surface area contributed by atoms with Crippen molar-refractivity contribution in [2.24, 2.45) is 0 Å². The molecule has 0 aliphatic rings. The molecule has 2 heterocycles. The minimum atomic E-state index is -0.276. The van der Waals surface area contributed by atoms with Crippen molar-refractivity contribution in [1.29, 1.82) is 0 Å². The van der Waals surface area contributed by atoms with Gasteiger partial charge in [0, 0.05) is 5.69 Å². The average Bonchev–Trinajstić information content (AvgIpc) is 3.08. The Hall–Kier alpha value is -4.19. The maximum Gasteiger partial charge on any atom is 0.257 e. The Morgan fingerprint density at radius 1 is 0.909 bits per heavy atom. The van der Waals surface area contributed by atoms with Crippen LogP contribution in [0.15, 0.2) is 72.8 Å². The number of nitrogens with one attached hydrogen (secondary N) is 1. The number of aryl methyl sites for hydroxylation is 2. The molecule has 0 aliphatic carbocycles. The van der Waals surface area contributed by atoms with Gasteiger partial charge in [0.05, 0.1) is 17.1 Å². The van der Waals surface area contributed by atoms with E-state index in [4.69, 9.17) is 15.7 Å². The predicted octanol–water partition coefficient (Wildman–Crippen LogP) is 5.26. The standard InChI is InChI=1S/C27H25N5O/c1-16-13-17(2)15-20(14-16)32-25(28)23(27(33)29-18(3)19-9-5-4-6-10-19)24-26(32)31-22-12-8-7-11-21(22)30-24/h4-15,18H,28H2,1-3H3,(H,29,33)/t18-/m1/s1. The number of aromatic nitrogens is 3. The highest BCUT2D eigenvalue weighted by Gasteiger charge is 2.26. The molecule has 0 unspecified atom stereocenters. The van der Waals surface area contributed by atoms with Crippen LogP contribution < -0.4 is 11.1 Å². The van der Waals surface area contributed by atoms with E-state index in [-0.39, 0.29) is 11.9 Å². The first-order valence-electron chi connectivity index (χ1n) is 10.9. The quantitative estimate of drug-likeness (QED) is 0.403. The van der Waals surface area contributed by atoms with Crippen molar-refractivity contribution in [3.05, 3.63) is 95.1 Å². The van der Waals surface area contributed by atoms with Crippen LogP contribution in [-0.4, -0.2) is 20.4 Å². The van der Waals surface area contributed by atoms with E-state index in [2.05, 4.69) is 11.4 Å². The van der Waals surface area contributed by atoms with Gasteiger partial charge in [-0.3, -0.25) is 9.36 Å². The van der Waals surface area contributed by atoms with Gasteiger partial charge in [-0.05, 0) is 61.7 Å². The van der Waals surface area contributed by atoms with E-state index < -0.39 is 0 Å².